The Morgan fingerprint density at radius 2 is 2.10 bits per heavy atom. The number of nitrogens with one attached hydrogen (secondary N) is 1. The summed E-state index contributed by atoms with van der Waals surface area (Å²) in [6.45, 7) is 3.49. The van der Waals surface area contributed by atoms with Gasteiger partial charge in [0, 0.05) is 19.2 Å². The van der Waals surface area contributed by atoms with Crippen molar-refractivity contribution < 1.29 is 9.32 Å². The van der Waals surface area contributed by atoms with Crippen molar-refractivity contribution in [1.29, 1.82) is 0 Å². The molecule has 21 heavy (non-hydrogen) atoms. The van der Waals surface area contributed by atoms with Crippen molar-refractivity contribution in [3.63, 3.8) is 0 Å². The van der Waals surface area contributed by atoms with Gasteiger partial charge in [-0.05, 0) is 38.3 Å². The Morgan fingerprint density at radius 1 is 1.29 bits per heavy atom. The van der Waals surface area contributed by atoms with Crippen molar-refractivity contribution in [2.24, 2.45) is 0 Å². The summed E-state index contributed by atoms with van der Waals surface area (Å²) < 4.78 is 4.98. The molecule has 0 atom stereocenters. The molecule has 2 aromatic rings. The van der Waals surface area contributed by atoms with Crippen molar-refractivity contribution in [2.45, 2.75) is 26.2 Å². The number of amides is 1. The van der Waals surface area contributed by atoms with Crippen molar-refractivity contribution in [1.82, 2.24) is 15.0 Å². The first-order chi connectivity index (χ1) is 10.2. The molecule has 3 heterocycles. The second-order valence-corrected chi connectivity index (χ2v) is 5.23. The summed E-state index contributed by atoms with van der Waals surface area (Å²) in [6, 6.07) is 5.37. The number of carbonyl (C=O) groups is 1. The number of hydrogen-bond donors (Lipinski definition) is 1. The van der Waals surface area contributed by atoms with Crippen LogP contribution < -0.4 is 5.32 Å². The van der Waals surface area contributed by atoms with Gasteiger partial charge < -0.3 is 14.7 Å². The Labute approximate surface area is 123 Å². The summed E-state index contributed by atoms with van der Waals surface area (Å²) in [4.78, 5) is 18.4. The second-order valence-electron chi connectivity index (χ2n) is 5.23. The first-order valence-electron chi connectivity index (χ1n) is 7.18. The van der Waals surface area contributed by atoms with E-state index >= 15 is 0 Å². The average Bonchev–Trinajstić information content (AvgIpc) is 2.93. The summed E-state index contributed by atoms with van der Waals surface area (Å²) in [5.74, 6) is 1.38. The zero-order valence-corrected chi connectivity index (χ0v) is 12.0. The van der Waals surface area contributed by atoms with Crippen LogP contribution in [0.15, 0.2) is 28.9 Å². The maximum atomic E-state index is 12.3. The number of hydrogen-bond acceptors (Lipinski definition) is 5. The molecule has 1 saturated heterocycles. The number of rotatable bonds is 3. The quantitative estimate of drug-likeness (QED) is 0.939. The van der Waals surface area contributed by atoms with E-state index < -0.39 is 0 Å². The number of likely N-dealkylation sites (tertiary alicyclic amines) is 1. The molecule has 6 heteroatoms. The third kappa shape index (κ3) is 3.21. The van der Waals surface area contributed by atoms with Crippen molar-refractivity contribution in [2.75, 3.05) is 18.4 Å². The summed E-state index contributed by atoms with van der Waals surface area (Å²) >= 11 is 0. The number of anilines is 2. The number of aromatic nitrogens is 2. The summed E-state index contributed by atoms with van der Waals surface area (Å²) in [5.41, 5.74) is 1.26. The van der Waals surface area contributed by atoms with E-state index in [9.17, 15) is 4.79 Å². The molecule has 0 bridgehead atoms. The summed E-state index contributed by atoms with van der Waals surface area (Å²) in [6.07, 6.45) is 5.01. The number of nitrogens with zero attached hydrogens (tertiary/aromatic N) is 3. The molecule has 0 unspecified atom stereocenters. The van der Waals surface area contributed by atoms with Gasteiger partial charge >= 0.3 is 0 Å². The van der Waals surface area contributed by atoms with E-state index in [0.717, 1.165) is 37.4 Å². The lowest BCUT2D eigenvalue weighted by molar-refractivity contribution is 0.0718. The number of carbonyl (C=O) groups excluding carboxylic acids is 1. The number of pyridine rings is 1. The predicted octanol–water partition coefficient (Wildman–Crippen LogP) is 2.75. The maximum absolute atomic E-state index is 12.3. The van der Waals surface area contributed by atoms with Gasteiger partial charge in [0.05, 0.1) is 11.9 Å². The highest BCUT2D eigenvalue weighted by Gasteiger charge is 2.18. The van der Waals surface area contributed by atoms with Gasteiger partial charge in [0.15, 0.2) is 5.82 Å². The monoisotopic (exact) mass is 286 g/mol. The lowest BCUT2D eigenvalue weighted by atomic mass is 10.1. The van der Waals surface area contributed by atoms with Crippen LogP contribution in [-0.2, 0) is 0 Å². The lowest BCUT2D eigenvalue weighted by Crippen LogP contribution is -2.36. The summed E-state index contributed by atoms with van der Waals surface area (Å²) in [5, 5.41) is 6.93. The SMILES string of the molecule is Cc1cc(Nc2ccc(C(=O)N3CCCCC3)nc2)no1. The molecule has 1 aliphatic rings. The normalized spacial score (nSPS) is 15.0. The van der Waals surface area contributed by atoms with E-state index in [1.807, 2.05) is 17.9 Å². The van der Waals surface area contributed by atoms with E-state index in [4.69, 9.17) is 4.52 Å². The molecule has 0 aromatic carbocycles. The fraction of sp³-hybridized carbons (Fsp3) is 0.400. The maximum Gasteiger partial charge on any atom is 0.272 e. The molecule has 1 amide bonds. The summed E-state index contributed by atoms with van der Waals surface area (Å²) in [7, 11) is 0. The minimum absolute atomic E-state index is 0.0125. The molecular weight excluding hydrogens is 268 g/mol. The second kappa shape index (κ2) is 5.95. The molecule has 6 nitrogen and oxygen atoms in total. The average molecular weight is 286 g/mol. The molecule has 0 spiro atoms. The molecule has 2 aromatic heterocycles. The van der Waals surface area contributed by atoms with Crippen molar-refractivity contribution in [3.05, 3.63) is 35.9 Å². The predicted molar refractivity (Wildman–Crippen MR) is 78.5 cm³/mol. The van der Waals surface area contributed by atoms with Gasteiger partial charge in [0.1, 0.15) is 11.5 Å². The molecule has 3 rings (SSSR count). The molecule has 0 aliphatic carbocycles. The van der Waals surface area contributed by atoms with Gasteiger partial charge in [-0.3, -0.25) is 4.79 Å². The fourth-order valence-electron chi connectivity index (χ4n) is 2.43. The number of aryl methyl sites for hydroxylation is 1. The zero-order chi connectivity index (χ0) is 14.7. The minimum atomic E-state index is 0.0125. The van der Waals surface area contributed by atoms with Crippen LogP contribution in [0.4, 0.5) is 11.5 Å². The molecule has 1 aliphatic heterocycles. The van der Waals surface area contributed by atoms with E-state index in [0.29, 0.717) is 11.5 Å². The lowest BCUT2D eigenvalue weighted by Gasteiger charge is -2.26. The molecule has 0 radical (unpaired) electrons. The van der Waals surface area contributed by atoms with Crippen LogP contribution in [0.1, 0.15) is 35.5 Å². The van der Waals surface area contributed by atoms with Crippen LogP contribution in [0.2, 0.25) is 0 Å². The molecule has 0 saturated carbocycles. The van der Waals surface area contributed by atoms with Crippen molar-refractivity contribution in [3.8, 4) is 0 Å². The fourth-order valence-corrected chi connectivity index (χ4v) is 2.43. The van der Waals surface area contributed by atoms with Crippen LogP contribution in [0.5, 0.6) is 0 Å². The van der Waals surface area contributed by atoms with Gasteiger partial charge in [-0.25, -0.2) is 4.98 Å². The third-order valence-corrected chi connectivity index (χ3v) is 3.53. The minimum Gasteiger partial charge on any atom is -0.360 e. The van der Waals surface area contributed by atoms with Crippen molar-refractivity contribution >= 4 is 17.4 Å². The molecule has 110 valence electrons. The highest BCUT2D eigenvalue weighted by Crippen LogP contribution is 2.17. The molecule has 1 fully saturated rings. The first kappa shape index (κ1) is 13.6. The first-order valence-corrected chi connectivity index (χ1v) is 7.18. The Balaban J connectivity index is 1.67. The van der Waals surface area contributed by atoms with Crippen LogP contribution in [0, 0.1) is 6.92 Å². The zero-order valence-electron chi connectivity index (χ0n) is 12.0. The van der Waals surface area contributed by atoms with Crippen LogP contribution in [0.25, 0.3) is 0 Å². The van der Waals surface area contributed by atoms with Gasteiger partial charge in [-0.2, -0.15) is 0 Å². The van der Waals surface area contributed by atoms with Crippen LogP contribution in [0.3, 0.4) is 0 Å². The van der Waals surface area contributed by atoms with E-state index in [1.54, 1.807) is 18.3 Å². The number of piperidine rings is 1. The largest absolute Gasteiger partial charge is 0.360 e. The van der Waals surface area contributed by atoms with E-state index in [-0.39, 0.29) is 5.91 Å². The Morgan fingerprint density at radius 3 is 2.71 bits per heavy atom. The standard InChI is InChI=1S/C15H18N4O2/c1-11-9-14(18-21-11)17-12-5-6-13(16-10-12)15(20)19-7-3-2-4-8-19/h5-6,9-10H,2-4,7-8H2,1H3,(H,17,18). The highest BCUT2D eigenvalue weighted by molar-refractivity contribution is 5.92. The Kier molecular flexibility index (Phi) is 3.85. The topological polar surface area (TPSA) is 71.3 Å². The van der Waals surface area contributed by atoms with E-state index in [1.165, 1.54) is 6.42 Å². The van der Waals surface area contributed by atoms with Gasteiger partial charge in [0.2, 0.25) is 0 Å². The van der Waals surface area contributed by atoms with Crippen LogP contribution in [-0.4, -0.2) is 34.0 Å². The Hall–Kier alpha value is -2.37. The van der Waals surface area contributed by atoms with Gasteiger partial charge in [-0.1, -0.05) is 5.16 Å². The smallest absolute Gasteiger partial charge is 0.272 e. The van der Waals surface area contributed by atoms with Crippen LogP contribution >= 0.6 is 0 Å². The van der Waals surface area contributed by atoms with Gasteiger partial charge in [0.25, 0.3) is 5.91 Å². The molecular formula is C15H18N4O2. The van der Waals surface area contributed by atoms with Gasteiger partial charge in [-0.15, -0.1) is 0 Å². The third-order valence-electron chi connectivity index (χ3n) is 3.53. The molecule has 1 N–H and O–H groups in total. The Bertz CT molecular complexity index is 615. The van der Waals surface area contributed by atoms with E-state index in [2.05, 4.69) is 15.5 Å². The highest BCUT2D eigenvalue weighted by atomic mass is 16.5.